The van der Waals surface area contributed by atoms with Crippen LogP contribution in [0.1, 0.15) is 31.0 Å². The average molecular weight is 315 g/mol. The molecule has 2 rings (SSSR count). The van der Waals surface area contributed by atoms with Crippen molar-refractivity contribution in [1.29, 1.82) is 0 Å². The van der Waals surface area contributed by atoms with E-state index < -0.39 is 6.03 Å². The van der Waals surface area contributed by atoms with Gasteiger partial charge in [0, 0.05) is 17.8 Å². The number of urea groups is 1. The third-order valence-electron chi connectivity index (χ3n) is 3.67. The summed E-state index contributed by atoms with van der Waals surface area (Å²) in [5, 5.41) is 6.05. The average Bonchev–Trinajstić information content (AvgIpc) is 2.49. The van der Waals surface area contributed by atoms with Crippen molar-refractivity contribution in [2.75, 3.05) is 5.32 Å². The number of nitrogens with two attached hydrogens (primary N) is 1. The van der Waals surface area contributed by atoms with Crippen LogP contribution in [-0.4, -0.2) is 12.1 Å². The standard InChI is InChI=1S/C18H22FN3O/c1-12(11-14-3-7-16(19)8-4-14)21-13(2)15-5-9-17(10-6-15)22-18(20)23/h3-10,12-13,21H,11H2,1-2H3,(H3,20,22,23). The Bertz CT molecular complexity index is 640. The molecule has 0 aromatic heterocycles. The zero-order chi connectivity index (χ0) is 16.8. The first kappa shape index (κ1) is 17.0. The highest BCUT2D eigenvalue weighted by Gasteiger charge is 2.10. The van der Waals surface area contributed by atoms with Gasteiger partial charge < -0.3 is 16.4 Å². The van der Waals surface area contributed by atoms with Crippen LogP contribution in [0.5, 0.6) is 0 Å². The molecular weight excluding hydrogens is 293 g/mol. The van der Waals surface area contributed by atoms with Crippen LogP contribution in [-0.2, 0) is 6.42 Å². The fraction of sp³-hybridized carbons (Fsp3) is 0.278. The lowest BCUT2D eigenvalue weighted by Gasteiger charge is -2.21. The first-order chi connectivity index (χ1) is 10.9. The predicted octanol–water partition coefficient (Wildman–Crippen LogP) is 3.60. The van der Waals surface area contributed by atoms with E-state index >= 15 is 0 Å². The Labute approximate surface area is 135 Å². The summed E-state index contributed by atoms with van der Waals surface area (Å²) in [6, 6.07) is 14.0. The topological polar surface area (TPSA) is 67.2 Å². The first-order valence-electron chi connectivity index (χ1n) is 7.61. The molecule has 5 heteroatoms. The van der Waals surface area contributed by atoms with Gasteiger partial charge in [0.05, 0.1) is 0 Å². The van der Waals surface area contributed by atoms with Gasteiger partial charge in [0.2, 0.25) is 0 Å². The lowest BCUT2D eigenvalue weighted by Crippen LogP contribution is -2.30. The minimum Gasteiger partial charge on any atom is -0.351 e. The fourth-order valence-corrected chi connectivity index (χ4v) is 2.55. The van der Waals surface area contributed by atoms with E-state index in [2.05, 4.69) is 24.5 Å². The molecule has 0 heterocycles. The van der Waals surface area contributed by atoms with Gasteiger partial charge in [0.15, 0.2) is 0 Å². The maximum atomic E-state index is 12.9. The number of amides is 2. The van der Waals surface area contributed by atoms with Crippen LogP contribution in [0.25, 0.3) is 0 Å². The Balaban J connectivity index is 1.91. The maximum Gasteiger partial charge on any atom is 0.316 e. The van der Waals surface area contributed by atoms with Crippen molar-refractivity contribution in [3.8, 4) is 0 Å². The minimum absolute atomic E-state index is 0.160. The summed E-state index contributed by atoms with van der Waals surface area (Å²) in [6.07, 6.45) is 0.825. The molecule has 2 amide bonds. The van der Waals surface area contributed by atoms with Crippen molar-refractivity contribution in [2.45, 2.75) is 32.4 Å². The molecule has 0 aliphatic rings. The molecule has 0 saturated carbocycles. The summed E-state index contributed by atoms with van der Waals surface area (Å²) in [4.78, 5) is 10.8. The second-order valence-electron chi connectivity index (χ2n) is 5.73. The quantitative estimate of drug-likeness (QED) is 0.762. The molecular formula is C18H22FN3O. The van der Waals surface area contributed by atoms with E-state index in [1.165, 1.54) is 12.1 Å². The number of rotatable bonds is 6. The van der Waals surface area contributed by atoms with Crippen molar-refractivity contribution in [3.63, 3.8) is 0 Å². The van der Waals surface area contributed by atoms with E-state index in [-0.39, 0.29) is 17.9 Å². The van der Waals surface area contributed by atoms with Gasteiger partial charge in [-0.3, -0.25) is 0 Å². The molecule has 122 valence electrons. The molecule has 0 spiro atoms. The highest BCUT2D eigenvalue weighted by Crippen LogP contribution is 2.17. The minimum atomic E-state index is -0.572. The van der Waals surface area contributed by atoms with Crippen molar-refractivity contribution in [1.82, 2.24) is 5.32 Å². The molecule has 0 radical (unpaired) electrons. The molecule has 0 fully saturated rings. The van der Waals surface area contributed by atoms with Gasteiger partial charge >= 0.3 is 6.03 Å². The van der Waals surface area contributed by atoms with Crippen LogP contribution in [0.3, 0.4) is 0 Å². The second-order valence-corrected chi connectivity index (χ2v) is 5.73. The van der Waals surface area contributed by atoms with E-state index in [1.807, 2.05) is 36.4 Å². The summed E-state index contributed by atoms with van der Waals surface area (Å²) in [5.41, 5.74) is 7.97. The lowest BCUT2D eigenvalue weighted by molar-refractivity contribution is 0.259. The fourth-order valence-electron chi connectivity index (χ4n) is 2.55. The highest BCUT2D eigenvalue weighted by molar-refractivity contribution is 5.87. The third kappa shape index (κ3) is 5.38. The molecule has 0 saturated heterocycles. The van der Waals surface area contributed by atoms with E-state index in [0.717, 1.165) is 17.5 Å². The molecule has 2 aromatic rings. The number of carbonyl (C=O) groups excluding carboxylic acids is 1. The Morgan fingerprint density at radius 1 is 1.09 bits per heavy atom. The third-order valence-corrected chi connectivity index (χ3v) is 3.67. The van der Waals surface area contributed by atoms with Gasteiger partial charge in [-0.1, -0.05) is 24.3 Å². The molecule has 4 nitrogen and oxygen atoms in total. The molecule has 2 aromatic carbocycles. The predicted molar refractivity (Wildman–Crippen MR) is 90.8 cm³/mol. The van der Waals surface area contributed by atoms with Crippen molar-refractivity contribution in [3.05, 3.63) is 65.5 Å². The first-order valence-corrected chi connectivity index (χ1v) is 7.61. The van der Waals surface area contributed by atoms with Gasteiger partial charge in [-0.2, -0.15) is 0 Å². The number of anilines is 1. The molecule has 2 unspecified atom stereocenters. The number of hydrogen-bond donors (Lipinski definition) is 3. The monoisotopic (exact) mass is 315 g/mol. The Morgan fingerprint density at radius 2 is 1.70 bits per heavy atom. The summed E-state index contributed by atoms with van der Waals surface area (Å²) in [7, 11) is 0. The van der Waals surface area contributed by atoms with Gasteiger partial charge in [-0.05, 0) is 55.7 Å². The number of carbonyl (C=O) groups is 1. The molecule has 4 N–H and O–H groups in total. The van der Waals surface area contributed by atoms with Crippen LogP contribution >= 0.6 is 0 Å². The molecule has 23 heavy (non-hydrogen) atoms. The SMILES string of the molecule is CC(Cc1ccc(F)cc1)NC(C)c1ccc(NC(N)=O)cc1. The number of hydrogen-bond acceptors (Lipinski definition) is 2. The summed E-state index contributed by atoms with van der Waals surface area (Å²) < 4.78 is 12.9. The molecule has 0 bridgehead atoms. The highest BCUT2D eigenvalue weighted by atomic mass is 19.1. The Hall–Kier alpha value is -2.40. The summed E-state index contributed by atoms with van der Waals surface area (Å²) >= 11 is 0. The normalized spacial score (nSPS) is 13.3. The molecule has 2 atom stereocenters. The Morgan fingerprint density at radius 3 is 2.26 bits per heavy atom. The van der Waals surface area contributed by atoms with E-state index in [4.69, 9.17) is 5.73 Å². The number of nitrogens with one attached hydrogen (secondary N) is 2. The van der Waals surface area contributed by atoms with Crippen molar-refractivity contribution < 1.29 is 9.18 Å². The van der Waals surface area contributed by atoms with Crippen LogP contribution in [0.4, 0.5) is 14.9 Å². The number of primary amides is 1. The van der Waals surface area contributed by atoms with E-state index in [1.54, 1.807) is 0 Å². The Kier molecular flexibility index (Phi) is 5.71. The van der Waals surface area contributed by atoms with Crippen molar-refractivity contribution >= 4 is 11.7 Å². The smallest absolute Gasteiger partial charge is 0.316 e. The zero-order valence-electron chi connectivity index (χ0n) is 13.3. The zero-order valence-corrected chi connectivity index (χ0v) is 13.3. The number of benzene rings is 2. The number of halogens is 1. The molecule has 0 aliphatic heterocycles. The van der Waals surface area contributed by atoms with Crippen LogP contribution in [0.2, 0.25) is 0 Å². The largest absolute Gasteiger partial charge is 0.351 e. The van der Waals surface area contributed by atoms with Crippen molar-refractivity contribution in [2.24, 2.45) is 5.73 Å². The summed E-state index contributed by atoms with van der Waals surface area (Å²) in [6.45, 7) is 4.18. The van der Waals surface area contributed by atoms with Crippen LogP contribution < -0.4 is 16.4 Å². The van der Waals surface area contributed by atoms with Crippen LogP contribution in [0.15, 0.2) is 48.5 Å². The van der Waals surface area contributed by atoms with Gasteiger partial charge in [0.25, 0.3) is 0 Å². The lowest BCUT2D eigenvalue weighted by atomic mass is 10.0. The van der Waals surface area contributed by atoms with E-state index in [0.29, 0.717) is 5.69 Å². The second kappa shape index (κ2) is 7.74. The summed E-state index contributed by atoms with van der Waals surface area (Å²) in [5.74, 6) is -0.215. The van der Waals surface area contributed by atoms with E-state index in [9.17, 15) is 9.18 Å². The van der Waals surface area contributed by atoms with Gasteiger partial charge in [0.1, 0.15) is 5.82 Å². The van der Waals surface area contributed by atoms with Crippen LogP contribution in [0, 0.1) is 5.82 Å². The molecule has 0 aliphatic carbocycles. The van der Waals surface area contributed by atoms with Gasteiger partial charge in [-0.15, -0.1) is 0 Å². The maximum absolute atomic E-state index is 12.9. The van der Waals surface area contributed by atoms with Gasteiger partial charge in [-0.25, -0.2) is 9.18 Å².